The number of hydrogen-bond acceptors (Lipinski definition) is 9. The maximum Gasteiger partial charge on any atom is 0.374 e. The highest BCUT2D eigenvalue weighted by molar-refractivity contribution is 7.87. The molecule has 0 aromatic heterocycles. The van der Waals surface area contributed by atoms with E-state index in [2.05, 4.69) is 26.8 Å². The van der Waals surface area contributed by atoms with Crippen LogP contribution in [0.1, 0.15) is 13.8 Å². The third-order valence-electron chi connectivity index (χ3n) is 2.68. The number of ether oxygens (including phenoxy) is 2. The monoisotopic (exact) mass is 418 g/mol. The number of carbonyl (C=O) groups is 2. The van der Waals surface area contributed by atoms with Crippen LogP contribution in [-0.4, -0.2) is 37.8 Å². The Kier molecular flexibility index (Phi) is 8.19. The first-order valence-electron chi connectivity index (χ1n) is 7.49. The van der Waals surface area contributed by atoms with E-state index in [-0.39, 0.29) is 18.1 Å². The summed E-state index contributed by atoms with van der Waals surface area (Å²) in [6.45, 7) is 9.67. The van der Waals surface area contributed by atoms with Crippen molar-refractivity contribution in [1.29, 1.82) is 0 Å². The molecular formula is C16H18O9S2. The normalized spacial score (nSPS) is 11.8. The number of rotatable bonds is 10. The molecule has 0 aliphatic carbocycles. The van der Waals surface area contributed by atoms with Crippen LogP contribution in [0.15, 0.2) is 58.7 Å². The molecule has 0 bridgehead atoms. The number of carbonyl (C=O) groups excluding carboxylic acids is 2. The average molecular weight is 418 g/mol. The molecule has 1 aromatic rings. The van der Waals surface area contributed by atoms with Crippen LogP contribution < -0.4 is 0 Å². The van der Waals surface area contributed by atoms with E-state index in [9.17, 15) is 22.2 Å². The molecule has 0 saturated carbocycles. The summed E-state index contributed by atoms with van der Waals surface area (Å²) >= 11 is -2.24. The molecule has 0 aliphatic heterocycles. The second-order valence-electron chi connectivity index (χ2n) is 4.62. The van der Waals surface area contributed by atoms with Crippen molar-refractivity contribution >= 4 is 33.1 Å². The van der Waals surface area contributed by atoms with Crippen molar-refractivity contribution in [2.75, 3.05) is 13.2 Å². The van der Waals surface area contributed by atoms with Gasteiger partial charge in [0.05, 0.1) is 18.1 Å². The number of benzene rings is 1. The molecule has 0 aliphatic rings. The average Bonchev–Trinajstić information content (AvgIpc) is 2.61. The minimum Gasteiger partial charge on any atom is -0.460 e. The minimum atomic E-state index is -4.44. The van der Waals surface area contributed by atoms with Gasteiger partial charge in [-0.25, -0.2) is 13.8 Å². The number of esters is 2. The zero-order valence-electron chi connectivity index (χ0n) is 14.6. The van der Waals surface area contributed by atoms with Crippen LogP contribution >= 0.6 is 0 Å². The Morgan fingerprint density at radius 1 is 1.04 bits per heavy atom. The van der Waals surface area contributed by atoms with Crippen molar-refractivity contribution in [2.45, 2.75) is 23.6 Å². The van der Waals surface area contributed by atoms with Gasteiger partial charge in [-0.3, -0.25) is 0 Å². The fourth-order valence-electron chi connectivity index (χ4n) is 1.54. The largest absolute Gasteiger partial charge is 0.460 e. The van der Waals surface area contributed by atoms with Crippen LogP contribution in [-0.2, 0) is 48.6 Å². The summed E-state index contributed by atoms with van der Waals surface area (Å²) in [7, 11) is -4.44. The summed E-state index contributed by atoms with van der Waals surface area (Å²) in [6.07, 6.45) is 0. The van der Waals surface area contributed by atoms with Crippen LogP contribution in [0, 0.1) is 0 Å². The predicted molar refractivity (Wildman–Crippen MR) is 93.8 cm³/mol. The van der Waals surface area contributed by atoms with Gasteiger partial charge in [0, 0.05) is 0 Å². The molecule has 0 amide bonds. The zero-order valence-corrected chi connectivity index (χ0v) is 16.3. The molecule has 0 N–H and O–H groups in total. The first-order chi connectivity index (χ1) is 12.6. The van der Waals surface area contributed by atoms with Crippen LogP contribution in [0.25, 0.3) is 0 Å². The lowest BCUT2D eigenvalue weighted by atomic mass is 10.4. The summed E-state index contributed by atoms with van der Waals surface area (Å²) in [6, 6.07) is 4.71. The highest BCUT2D eigenvalue weighted by atomic mass is 32.2. The molecule has 0 saturated heterocycles. The van der Waals surface area contributed by atoms with Gasteiger partial charge in [0.15, 0.2) is 0 Å². The standard InChI is InChI=1S/C16H18O9S2/c1-5-22-15(17)11(3)24-26(19)13-8-7-9-14(10-13)27(20,21)25-12(4)16(18)23-6-2/h7-10H,3-6H2,1-2H3. The summed E-state index contributed by atoms with van der Waals surface area (Å²) in [5.41, 5.74) is 0. The smallest absolute Gasteiger partial charge is 0.374 e. The topological polar surface area (TPSA) is 122 Å². The van der Waals surface area contributed by atoms with Gasteiger partial charge < -0.3 is 17.8 Å². The van der Waals surface area contributed by atoms with E-state index in [1.165, 1.54) is 19.1 Å². The highest BCUT2D eigenvalue weighted by Gasteiger charge is 2.23. The van der Waals surface area contributed by atoms with Crippen molar-refractivity contribution < 1.29 is 40.1 Å². The van der Waals surface area contributed by atoms with Crippen LogP contribution in [0.2, 0.25) is 0 Å². The molecule has 27 heavy (non-hydrogen) atoms. The molecule has 0 radical (unpaired) electrons. The molecule has 1 aromatic carbocycles. The molecular weight excluding hydrogens is 400 g/mol. The molecule has 9 nitrogen and oxygen atoms in total. The van der Waals surface area contributed by atoms with Crippen LogP contribution in [0.4, 0.5) is 0 Å². The van der Waals surface area contributed by atoms with Crippen molar-refractivity contribution in [3.8, 4) is 0 Å². The van der Waals surface area contributed by atoms with Gasteiger partial charge in [-0.15, -0.1) is 0 Å². The van der Waals surface area contributed by atoms with Gasteiger partial charge in [0.25, 0.3) is 0 Å². The van der Waals surface area contributed by atoms with Crippen molar-refractivity contribution in [2.24, 2.45) is 0 Å². The van der Waals surface area contributed by atoms with E-state index < -0.39 is 49.6 Å². The van der Waals surface area contributed by atoms with Crippen LogP contribution in [0.3, 0.4) is 0 Å². The Balaban J connectivity index is 2.96. The third kappa shape index (κ3) is 6.53. The van der Waals surface area contributed by atoms with Crippen molar-refractivity contribution in [3.63, 3.8) is 0 Å². The van der Waals surface area contributed by atoms with E-state index >= 15 is 0 Å². The van der Waals surface area contributed by atoms with Gasteiger partial charge in [0.1, 0.15) is 4.90 Å². The van der Waals surface area contributed by atoms with E-state index in [0.717, 1.165) is 12.1 Å². The lowest BCUT2D eigenvalue weighted by molar-refractivity contribution is -0.141. The summed E-state index contributed by atoms with van der Waals surface area (Å²) < 4.78 is 55.3. The summed E-state index contributed by atoms with van der Waals surface area (Å²) in [5, 5.41) is 0. The Morgan fingerprint density at radius 2 is 1.59 bits per heavy atom. The summed E-state index contributed by atoms with van der Waals surface area (Å²) in [4.78, 5) is 22.4. The molecule has 0 spiro atoms. The predicted octanol–water partition coefficient (Wildman–Crippen LogP) is 1.58. The third-order valence-corrected chi connectivity index (χ3v) is 4.92. The first kappa shape index (κ1) is 22.4. The fourth-order valence-corrected chi connectivity index (χ4v) is 3.32. The zero-order chi connectivity index (χ0) is 20.6. The summed E-state index contributed by atoms with van der Waals surface area (Å²) in [5.74, 6) is -3.16. The van der Waals surface area contributed by atoms with Crippen LogP contribution in [0.5, 0.6) is 0 Å². The van der Waals surface area contributed by atoms with Gasteiger partial charge in [-0.05, 0) is 45.2 Å². The second-order valence-corrected chi connectivity index (χ2v) is 7.27. The van der Waals surface area contributed by atoms with Gasteiger partial charge in [-0.1, -0.05) is 6.07 Å². The highest BCUT2D eigenvalue weighted by Crippen LogP contribution is 2.20. The number of hydrogen-bond donors (Lipinski definition) is 0. The SMILES string of the molecule is C=C(OS(=O)c1cccc(S(=O)(=O)OC(=C)C(=O)OCC)c1)C(=O)OCC. The van der Waals surface area contributed by atoms with E-state index in [4.69, 9.17) is 4.18 Å². The molecule has 1 unspecified atom stereocenters. The van der Waals surface area contributed by atoms with Gasteiger partial charge >= 0.3 is 22.1 Å². The van der Waals surface area contributed by atoms with E-state index in [1.54, 1.807) is 6.92 Å². The maximum atomic E-state index is 12.2. The van der Waals surface area contributed by atoms with Crippen molar-refractivity contribution in [1.82, 2.24) is 0 Å². The molecule has 1 atom stereocenters. The Morgan fingerprint density at radius 3 is 2.15 bits per heavy atom. The second kappa shape index (κ2) is 9.88. The van der Waals surface area contributed by atoms with E-state index in [1.807, 2.05) is 0 Å². The quantitative estimate of drug-likeness (QED) is 0.241. The minimum absolute atomic E-state index is 0.0113. The van der Waals surface area contributed by atoms with E-state index in [0.29, 0.717) is 0 Å². The Bertz CT molecular complexity index is 872. The molecule has 0 heterocycles. The Hall–Kier alpha value is -2.66. The maximum absolute atomic E-state index is 12.2. The fraction of sp³-hybridized carbons (Fsp3) is 0.250. The lowest BCUT2D eigenvalue weighted by Crippen LogP contribution is -2.15. The van der Waals surface area contributed by atoms with Gasteiger partial charge in [0.2, 0.25) is 22.6 Å². The molecule has 1 rings (SSSR count). The first-order valence-corrected chi connectivity index (χ1v) is 9.97. The molecule has 148 valence electrons. The molecule has 0 fully saturated rings. The van der Waals surface area contributed by atoms with Gasteiger partial charge in [-0.2, -0.15) is 8.42 Å². The lowest BCUT2D eigenvalue weighted by Gasteiger charge is -2.10. The Labute approximate surface area is 159 Å². The molecule has 11 heteroatoms. The van der Waals surface area contributed by atoms with Crippen molar-refractivity contribution in [3.05, 3.63) is 48.9 Å².